The molecule has 3 nitrogen and oxygen atoms in total. The lowest BCUT2D eigenvalue weighted by Crippen LogP contribution is -2.33. The molecular weight excluding hydrogens is 290 g/mol. The molecule has 16 heavy (non-hydrogen) atoms. The summed E-state index contributed by atoms with van der Waals surface area (Å²) in [6, 6.07) is 1.99. The van der Waals surface area contributed by atoms with Gasteiger partial charge in [0.15, 0.2) is 0 Å². The number of carbonyl (C=O) groups excluding carboxylic acids is 1. The maximum Gasteiger partial charge on any atom is 0.249 e. The highest BCUT2D eigenvalue weighted by molar-refractivity contribution is 9.10. The van der Waals surface area contributed by atoms with Crippen molar-refractivity contribution in [1.82, 2.24) is 5.32 Å². The fraction of sp³-hybridized carbons (Fsp3) is 0.545. The predicted octanol–water partition coefficient (Wildman–Crippen LogP) is 2.69. The molecule has 1 saturated heterocycles. The quantitative estimate of drug-likeness (QED) is 0.932. The first-order chi connectivity index (χ1) is 7.66. The van der Waals surface area contributed by atoms with Crippen LogP contribution in [-0.4, -0.2) is 18.1 Å². The molecule has 5 heteroatoms. The van der Waals surface area contributed by atoms with Crippen LogP contribution in [-0.2, 0) is 16.1 Å². The molecule has 1 aliphatic heterocycles. The third kappa shape index (κ3) is 2.84. The first kappa shape index (κ1) is 12.1. The molecule has 2 rings (SSSR count). The largest absolute Gasteiger partial charge is 0.365 e. The van der Waals surface area contributed by atoms with Gasteiger partial charge in [0.05, 0.1) is 12.6 Å². The minimum Gasteiger partial charge on any atom is -0.365 e. The predicted molar refractivity (Wildman–Crippen MR) is 67.4 cm³/mol. The summed E-state index contributed by atoms with van der Waals surface area (Å²) in [5.41, 5.74) is 0. The molecule has 1 amide bonds. The van der Waals surface area contributed by atoms with Crippen LogP contribution in [0.25, 0.3) is 0 Å². The third-order valence-electron chi connectivity index (χ3n) is 2.64. The van der Waals surface area contributed by atoms with Gasteiger partial charge in [0.1, 0.15) is 6.10 Å². The highest BCUT2D eigenvalue weighted by Crippen LogP contribution is 2.23. The van der Waals surface area contributed by atoms with Gasteiger partial charge in [0.25, 0.3) is 0 Å². The van der Waals surface area contributed by atoms with E-state index in [1.807, 2.05) is 18.4 Å². The van der Waals surface area contributed by atoms with Gasteiger partial charge in [0.2, 0.25) is 5.91 Å². The molecule has 2 heterocycles. The second-order valence-electron chi connectivity index (χ2n) is 3.92. The highest BCUT2D eigenvalue weighted by Gasteiger charge is 2.27. The lowest BCUT2D eigenvalue weighted by molar-refractivity contribution is -0.131. The Morgan fingerprint density at radius 3 is 3.06 bits per heavy atom. The van der Waals surface area contributed by atoms with Crippen LogP contribution < -0.4 is 5.32 Å². The first-order valence-electron chi connectivity index (χ1n) is 5.32. The third-order valence-corrected chi connectivity index (χ3v) is 4.56. The van der Waals surface area contributed by atoms with Gasteiger partial charge in [-0.3, -0.25) is 4.79 Å². The van der Waals surface area contributed by atoms with Crippen molar-refractivity contribution in [2.24, 2.45) is 0 Å². The summed E-state index contributed by atoms with van der Waals surface area (Å²) >= 11 is 5.07. The minimum atomic E-state index is -0.256. The van der Waals surface area contributed by atoms with E-state index in [1.54, 1.807) is 11.3 Å². The smallest absolute Gasteiger partial charge is 0.249 e. The molecule has 0 radical (unpaired) electrons. The fourth-order valence-electron chi connectivity index (χ4n) is 1.73. The van der Waals surface area contributed by atoms with Crippen LogP contribution in [0.4, 0.5) is 0 Å². The van der Waals surface area contributed by atoms with E-state index < -0.39 is 0 Å². The van der Waals surface area contributed by atoms with Crippen molar-refractivity contribution in [3.8, 4) is 0 Å². The zero-order valence-corrected chi connectivity index (χ0v) is 11.4. The Balaban J connectivity index is 1.82. The van der Waals surface area contributed by atoms with E-state index in [2.05, 4.69) is 21.2 Å². The minimum absolute atomic E-state index is 0.00431. The van der Waals surface area contributed by atoms with E-state index in [0.717, 1.165) is 22.2 Å². The molecule has 0 bridgehead atoms. The average molecular weight is 304 g/mol. The second-order valence-corrected chi connectivity index (χ2v) is 5.78. The summed E-state index contributed by atoms with van der Waals surface area (Å²) in [6.45, 7) is 2.58. The maximum absolute atomic E-state index is 11.8. The number of amides is 1. The van der Waals surface area contributed by atoms with Crippen molar-refractivity contribution < 1.29 is 9.53 Å². The summed E-state index contributed by atoms with van der Waals surface area (Å²) in [5.74, 6) is 0.00431. The van der Waals surface area contributed by atoms with Crippen molar-refractivity contribution >= 4 is 33.2 Å². The summed E-state index contributed by atoms with van der Waals surface area (Å²) in [6.07, 6.45) is 1.76. The summed E-state index contributed by atoms with van der Waals surface area (Å²) < 4.78 is 6.56. The van der Waals surface area contributed by atoms with Gasteiger partial charge >= 0.3 is 0 Å². The molecule has 2 atom stereocenters. The molecule has 0 aliphatic carbocycles. The Labute approximate surface area is 107 Å². The molecule has 0 spiro atoms. The highest BCUT2D eigenvalue weighted by atomic mass is 79.9. The SMILES string of the molecule is CC1CCC(C(=O)NCc2sccc2Br)O1. The zero-order chi connectivity index (χ0) is 11.5. The van der Waals surface area contributed by atoms with Gasteiger partial charge in [-0.15, -0.1) is 11.3 Å². The molecule has 1 fully saturated rings. The lowest BCUT2D eigenvalue weighted by atomic mass is 10.2. The molecule has 0 saturated carbocycles. The topological polar surface area (TPSA) is 38.3 Å². The van der Waals surface area contributed by atoms with E-state index in [9.17, 15) is 4.79 Å². The summed E-state index contributed by atoms with van der Waals surface area (Å²) in [5, 5.41) is 4.90. The number of rotatable bonds is 3. The number of ether oxygens (including phenoxy) is 1. The Morgan fingerprint density at radius 2 is 2.50 bits per heavy atom. The van der Waals surface area contributed by atoms with Crippen LogP contribution in [0.1, 0.15) is 24.6 Å². The van der Waals surface area contributed by atoms with Crippen LogP contribution in [0.2, 0.25) is 0 Å². The number of halogens is 1. The van der Waals surface area contributed by atoms with Crippen LogP contribution in [0.15, 0.2) is 15.9 Å². The molecule has 1 aromatic rings. The molecular formula is C11H14BrNO2S. The monoisotopic (exact) mass is 303 g/mol. The number of hydrogen-bond donors (Lipinski definition) is 1. The van der Waals surface area contributed by atoms with Gasteiger partial charge in [-0.2, -0.15) is 0 Å². The Morgan fingerprint density at radius 1 is 1.69 bits per heavy atom. The number of hydrogen-bond acceptors (Lipinski definition) is 3. The Bertz CT molecular complexity index is 380. The van der Waals surface area contributed by atoms with E-state index in [4.69, 9.17) is 4.74 Å². The van der Waals surface area contributed by atoms with Gasteiger partial charge in [0, 0.05) is 9.35 Å². The van der Waals surface area contributed by atoms with Gasteiger partial charge < -0.3 is 10.1 Å². The summed E-state index contributed by atoms with van der Waals surface area (Å²) in [7, 11) is 0. The van der Waals surface area contributed by atoms with Crippen LogP contribution in [0, 0.1) is 0 Å². The van der Waals surface area contributed by atoms with Crippen LogP contribution in [0.3, 0.4) is 0 Å². The second kappa shape index (κ2) is 5.29. The van der Waals surface area contributed by atoms with E-state index in [-0.39, 0.29) is 18.1 Å². The standard InChI is InChI=1S/C11H14BrNO2S/c1-7-2-3-9(15-7)11(14)13-6-10-8(12)4-5-16-10/h4-5,7,9H,2-3,6H2,1H3,(H,13,14). The summed E-state index contributed by atoms with van der Waals surface area (Å²) in [4.78, 5) is 12.9. The van der Waals surface area contributed by atoms with Gasteiger partial charge in [-0.05, 0) is 47.1 Å². The van der Waals surface area contributed by atoms with Crippen LogP contribution in [0.5, 0.6) is 0 Å². The fourth-order valence-corrected chi connectivity index (χ4v) is 3.16. The Hall–Kier alpha value is -0.390. The zero-order valence-electron chi connectivity index (χ0n) is 9.03. The van der Waals surface area contributed by atoms with E-state index in [1.165, 1.54) is 0 Å². The molecule has 2 unspecified atom stereocenters. The lowest BCUT2D eigenvalue weighted by Gasteiger charge is -2.11. The maximum atomic E-state index is 11.8. The molecule has 0 aromatic carbocycles. The van der Waals surface area contributed by atoms with Crippen molar-refractivity contribution in [2.75, 3.05) is 0 Å². The first-order valence-corrected chi connectivity index (χ1v) is 6.99. The molecule has 1 N–H and O–H groups in total. The average Bonchev–Trinajstić information content (AvgIpc) is 2.84. The van der Waals surface area contributed by atoms with Crippen molar-refractivity contribution in [1.29, 1.82) is 0 Å². The van der Waals surface area contributed by atoms with E-state index >= 15 is 0 Å². The molecule has 1 aliphatic rings. The molecule has 1 aromatic heterocycles. The van der Waals surface area contributed by atoms with Crippen LogP contribution >= 0.6 is 27.3 Å². The van der Waals surface area contributed by atoms with E-state index in [0.29, 0.717) is 6.54 Å². The number of nitrogens with one attached hydrogen (secondary N) is 1. The van der Waals surface area contributed by atoms with Crippen molar-refractivity contribution in [3.05, 3.63) is 20.8 Å². The molecule has 88 valence electrons. The van der Waals surface area contributed by atoms with Gasteiger partial charge in [-0.1, -0.05) is 0 Å². The van der Waals surface area contributed by atoms with Crippen molar-refractivity contribution in [3.63, 3.8) is 0 Å². The van der Waals surface area contributed by atoms with Gasteiger partial charge in [-0.25, -0.2) is 0 Å². The number of thiophene rings is 1. The Kier molecular flexibility index (Phi) is 4.00. The normalized spacial score (nSPS) is 24.6. The number of carbonyl (C=O) groups is 1. The van der Waals surface area contributed by atoms with Crippen molar-refractivity contribution in [2.45, 2.75) is 38.5 Å².